The zero-order valence-corrected chi connectivity index (χ0v) is 11.2. The maximum atomic E-state index is 12.4. The van der Waals surface area contributed by atoms with Crippen molar-refractivity contribution in [2.45, 2.75) is 25.0 Å². The topological polar surface area (TPSA) is 68.5 Å². The Balaban J connectivity index is 1.70. The number of ether oxygens (including phenoxy) is 1. The second-order valence-corrected chi connectivity index (χ2v) is 5.11. The van der Waals surface area contributed by atoms with Gasteiger partial charge in [0.05, 0.1) is 18.8 Å². The summed E-state index contributed by atoms with van der Waals surface area (Å²) >= 11 is 0. The Kier molecular flexibility index (Phi) is 3.68. The van der Waals surface area contributed by atoms with Gasteiger partial charge in [-0.2, -0.15) is 0 Å². The molecule has 1 aromatic heterocycles. The predicted molar refractivity (Wildman–Crippen MR) is 74.0 cm³/mol. The average Bonchev–Trinajstić information content (AvgIpc) is 2.83. The van der Waals surface area contributed by atoms with Crippen LogP contribution in [0.15, 0.2) is 18.3 Å². The van der Waals surface area contributed by atoms with Crippen molar-refractivity contribution in [3.8, 4) is 11.8 Å². The van der Waals surface area contributed by atoms with Crippen molar-refractivity contribution in [1.82, 2.24) is 9.88 Å². The maximum Gasteiger partial charge on any atom is 0.272 e. The van der Waals surface area contributed by atoms with E-state index in [2.05, 4.69) is 16.8 Å². The van der Waals surface area contributed by atoms with Crippen LogP contribution in [0.2, 0.25) is 0 Å². The molecule has 2 saturated heterocycles. The number of likely N-dealkylation sites (tertiary alicyclic amines) is 1. The Bertz CT molecular complexity index is 547. The number of pyridine rings is 1. The molecule has 2 aliphatic rings. The van der Waals surface area contributed by atoms with Gasteiger partial charge >= 0.3 is 0 Å². The molecule has 1 aromatic rings. The van der Waals surface area contributed by atoms with Gasteiger partial charge in [0.25, 0.3) is 5.91 Å². The number of amides is 1. The zero-order chi connectivity index (χ0) is 13.9. The van der Waals surface area contributed by atoms with Crippen LogP contribution in [0.3, 0.4) is 0 Å². The number of hydrogen-bond acceptors (Lipinski definition) is 4. The van der Waals surface area contributed by atoms with Crippen LogP contribution in [0.25, 0.3) is 0 Å². The van der Waals surface area contributed by atoms with Gasteiger partial charge in [-0.3, -0.25) is 4.79 Å². The predicted octanol–water partition coefficient (Wildman–Crippen LogP) is 0.395. The minimum absolute atomic E-state index is 0.0245. The van der Waals surface area contributed by atoms with Crippen molar-refractivity contribution < 1.29 is 9.53 Å². The number of rotatable bonds is 1. The third-order valence-corrected chi connectivity index (χ3v) is 3.65. The molecule has 1 amide bonds. The largest absolute Gasteiger partial charge is 0.371 e. The van der Waals surface area contributed by atoms with E-state index >= 15 is 0 Å². The number of carbonyl (C=O) groups excluding carboxylic acids is 1. The number of nitrogens with zero attached hydrogens (tertiary/aromatic N) is 2. The Morgan fingerprint density at radius 2 is 2.15 bits per heavy atom. The number of hydrogen-bond donors (Lipinski definition) is 1. The van der Waals surface area contributed by atoms with Crippen LogP contribution in [0, 0.1) is 11.8 Å². The molecule has 5 nitrogen and oxygen atoms in total. The number of fused-ring (bicyclic) bond motifs is 2. The van der Waals surface area contributed by atoms with Crippen molar-refractivity contribution >= 4 is 5.91 Å². The summed E-state index contributed by atoms with van der Waals surface area (Å²) in [7, 11) is 0. The molecule has 20 heavy (non-hydrogen) atoms. The average molecular weight is 271 g/mol. The van der Waals surface area contributed by atoms with Gasteiger partial charge in [-0.25, -0.2) is 4.98 Å². The van der Waals surface area contributed by atoms with E-state index < -0.39 is 0 Å². The maximum absolute atomic E-state index is 12.4. The highest BCUT2D eigenvalue weighted by molar-refractivity contribution is 5.92. The van der Waals surface area contributed by atoms with Crippen LogP contribution in [0.5, 0.6) is 0 Å². The molecular formula is C15H17N3O2. The summed E-state index contributed by atoms with van der Waals surface area (Å²) in [6.45, 7) is 1.66. The SMILES string of the molecule is NCC#Cc1ccc(C(=O)N2CC3CCC(C2)O3)nc1. The van der Waals surface area contributed by atoms with Crippen LogP contribution in [-0.4, -0.2) is 47.6 Å². The van der Waals surface area contributed by atoms with Gasteiger partial charge in [0.15, 0.2) is 0 Å². The molecular weight excluding hydrogens is 254 g/mol. The first kappa shape index (κ1) is 13.1. The fraction of sp³-hybridized carbons (Fsp3) is 0.467. The molecule has 0 aliphatic carbocycles. The molecule has 2 atom stereocenters. The monoisotopic (exact) mass is 271 g/mol. The normalized spacial score (nSPS) is 24.1. The van der Waals surface area contributed by atoms with Crippen molar-refractivity contribution in [3.63, 3.8) is 0 Å². The van der Waals surface area contributed by atoms with Gasteiger partial charge in [-0.1, -0.05) is 11.8 Å². The summed E-state index contributed by atoms with van der Waals surface area (Å²) in [6.07, 6.45) is 4.12. The van der Waals surface area contributed by atoms with Crippen molar-refractivity contribution in [2.75, 3.05) is 19.6 Å². The third kappa shape index (κ3) is 2.67. The van der Waals surface area contributed by atoms with Gasteiger partial charge in [0.1, 0.15) is 5.69 Å². The molecule has 0 radical (unpaired) electrons. The zero-order valence-electron chi connectivity index (χ0n) is 11.2. The van der Waals surface area contributed by atoms with Gasteiger partial charge < -0.3 is 15.4 Å². The van der Waals surface area contributed by atoms with E-state index in [1.165, 1.54) is 0 Å². The number of morpholine rings is 1. The molecule has 3 rings (SSSR count). The van der Waals surface area contributed by atoms with E-state index in [0.717, 1.165) is 18.4 Å². The Morgan fingerprint density at radius 1 is 1.40 bits per heavy atom. The highest BCUT2D eigenvalue weighted by Gasteiger charge is 2.36. The quantitative estimate of drug-likeness (QED) is 0.751. The number of carbonyl (C=O) groups is 1. The van der Waals surface area contributed by atoms with E-state index in [1.54, 1.807) is 18.3 Å². The fourth-order valence-electron chi connectivity index (χ4n) is 2.69. The first-order valence-electron chi connectivity index (χ1n) is 6.86. The van der Waals surface area contributed by atoms with E-state index in [0.29, 0.717) is 25.3 Å². The Labute approximate surface area is 118 Å². The van der Waals surface area contributed by atoms with Crippen molar-refractivity contribution in [3.05, 3.63) is 29.6 Å². The van der Waals surface area contributed by atoms with Crippen LogP contribution in [-0.2, 0) is 4.74 Å². The molecule has 2 aliphatic heterocycles. The number of nitrogens with two attached hydrogens (primary N) is 1. The lowest BCUT2D eigenvalue weighted by molar-refractivity contribution is -0.0305. The summed E-state index contributed by atoms with van der Waals surface area (Å²) in [5.74, 6) is 5.63. The standard InChI is InChI=1S/C15H17N3O2/c16-7-1-2-11-3-6-14(17-8-11)15(19)18-9-12-4-5-13(10-18)20-12/h3,6,8,12-13H,4-5,7,9-10,16H2. The van der Waals surface area contributed by atoms with E-state index in [-0.39, 0.29) is 18.1 Å². The Morgan fingerprint density at radius 3 is 2.75 bits per heavy atom. The van der Waals surface area contributed by atoms with E-state index in [1.807, 2.05) is 4.90 Å². The third-order valence-electron chi connectivity index (χ3n) is 3.65. The molecule has 2 bridgehead atoms. The highest BCUT2D eigenvalue weighted by Crippen LogP contribution is 2.26. The summed E-state index contributed by atoms with van der Waals surface area (Å²) in [5, 5.41) is 0. The molecule has 3 heterocycles. The highest BCUT2D eigenvalue weighted by atomic mass is 16.5. The first-order valence-corrected chi connectivity index (χ1v) is 6.86. The molecule has 104 valence electrons. The lowest BCUT2D eigenvalue weighted by atomic mass is 10.2. The lowest BCUT2D eigenvalue weighted by Crippen LogP contribution is -2.46. The van der Waals surface area contributed by atoms with Crippen LogP contribution in [0.4, 0.5) is 0 Å². The van der Waals surface area contributed by atoms with E-state index in [9.17, 15) is 4.79 Å². The molecule has 2 N–H and O–H groups in total. The Hall–Kier alpha value is -1.90. The summed E-state index contributed by atoms with van der Waals surface area (Å²) < 4.78 is 5.73. The number of aromatic nitrogens is 1. The molecule has 0 saturated carbocycles. The molecule has 0 spiro atoms. The molecule has 2 fully saturated rings. The first-order chi connectivity index (χ1) is 9.76. The van der Waals surface area contributed by atoms with Crippen LogP contribution >= 0.6 is 0 Å². The second kappa shape index (κ2) is 5.61. The fourth-order valence-corrected chi connectivity index (χ4v) is 2.69. The minimum Gasteiger partial charge on any atom is -0.371 e. The molecule has 2 unspecified atom stereocenters. The van der Waals surface area contributed by atoms with Gasteiger partial charge in [0.2, 0.25) is 0 Å². The van der Waals surface area contributed by atoms with Gasteiger partial charge in [-0.15, -0.1) is 0 Å². The van der Waals surface area contributed by atoms with Crippen LogP contribution in [0.1, 0.15) is 28.9 Å². The van der Waals surface area contributed by atoms with Crippen LogP contribution < -0.4 is 5.73 Å². The van der Waals surface area contributed by atoms with E-state index in [4.69, 9.17) is 10.5 Å². The second-order valence-electron chi connectivity index (χ2n) is 5.11. The van der Waals surface area contributed by atoms with Gasteiger partial charge in [-0.05, 0) is 25.0 Å². The summed E-state index contributed by atoms with van der Waals surface area (Å²) in [5.41, 5.74) is 6.55. The summed E-state index contributed by atoms with van der Waals surface area (Å²) in [4.78, 5) is 18.4. The lowest BCUT2D eigenvalue weighted by Gasteiger charge is -2.31. The van der Waals surface area contributed by atoms with Crippen molar-refractivity contribution in [2.24, 2.45) is 5.73 Å². The van der Waals surface area contributed by atoms with Gasteiger partial charge in [0, 0.05) is 24.8 Å². The molecule has 0 aromatic carbocycles. The van der Waals surface area contributed by atoms with Crippen molar-refractivity contribution in [1.29, 1.82) is 0 Å². The smallest absolute Gasteiger partial charge is 0.272 e. The summed E-state index contributed by atoms with van der Waals surface area (Å²) in [6, 6.07) is 3.53. The molecule has 5 heteroatoms. The minimum atomic E-state index is -0.0245.